The smallest absolute Gasteiger partial charge is 0.330 e. The predicted octanol–water partition coefficient (Wildman–Crippen LogP) is 2.79. The topological polar surface area (TPSA) is 92.4 Å². The number of aliphatic carboxylic acids is 1. The minimum absolute atomic E-state index is 0.228. The van der Waals surface area contributed by atoms with E-state index in [1.165, 1.54) is 0 Å². The third-order valence-electron chi connectivity index (χ3n) is 2.93. The molecule has 5 nitrogen and oxygen atoms in total. The van der Waals surface area contributed by atoms with Gasteiger partial charge in [0.15, 0.2) is 6.04 Å². The Bertz CT molecular complexity index is 674. The molecule has 1 amide bonds. The summed E-state index contributed by atoms with van der Waals surface area (Å²) < 4.78 is 0.688. The second-order valence-electron chi connectivity index (χ2n) is 4.38. The van der Waals surface area contributed by atoms with Gasteiger partial charge in [0.1, 0.15) is 0 Å². The summed E-state index contributed by atoms with van der Waals surface area (Å²) in [6, 6.07) is 12.6. The number of carbonyl (C=O) groups excluding carboxylic acids is 1. The van der Waals surface area contributed by atoms with Crippen molar-refractivity contribution in [3.63, 3.8) is 0 Å². The SMILES string of the molecule is NC(=O)c1cc(Br)ccc1NC(C(=O)O)c1ccccc1. The molecule has 6 heteroatoms. The lowest BCUT2D eigenvalue weighted by molar-refractivity contribution is -0.138. The summed E-state index contributed by atoms with van der Waals surface area (Å²) in [6.45, 7) is 0. The summed E-state index contributed by atoms with van der Waals surface area (Å²) in [6.07, 6.45) is 0. The van der Waals surface area contributed by atoms with Crippen molar-refractivity contribution in [3.8, 4) is 0 Å². The molecule has 2 aromatic carbocycles. The third kappa shape index (κ3) is 3.61. The van der Waals surface area contributed by atoms with E-state index in [9.17, 15) is 14.7 Å². The molecule has 0 spiro atoms. The third-order valence-corrected chi connectivity index (χ3v) is 3.42. The molecule has 0 aromatic heterocycles. The molecule has 1 unspecified atom stereocenters. The number of nitrogens with two attached hydrogens (primary N) is 1. The molecule has 2 aromatic rings. The van der Waals surface area contributed by atoms with E-state index in [0.717, 1.165) is 0 Å². The van der Waals surface area contributed by atoms with Gasteiger partial charge in [-0.05, 0) is 23.8 Å². The van der Waals surface area contributed by atoms with Crippen molar-refractivity contribution in [1.82, 2.24) is 0 Å². The van der Waals surface area contributed by atoms with Crippen LogP contribution in [0.15, 0.2) is 53.0 Å². The van der Waals surface area contributed by atoms with E-state index in [4.69, 9.17) is 5.73 Å². The van der Waals surface area contributed by atoms with Gasteiger partial charge in [-0.25, -0.2) is 4.79 Å². The average molecular weight is 349 g/mol. The first kappa shape index (κ1) is 15.1. The Morgan fingerprint density at radius 2 is 1.81 bits per heavy atom. The van der Waals surface area contributed by atoms with Crippen molar-refractivity contribution >= 4 is 33.5 Å². The van der Waals surface area contributed by atoms with E-state index in [-0.39, 0.29) is 5.56 Å². The standard InChI is InChI=1S/C15H13BrN2O3/c16-10-6-7-12(11(8-10)14(17)19)18-13(15(20)21)9-4-2-1-3-5-9/h1-8,13,18H,(H2,17,19)(H,20,21). The van der Waals surface area contributed by atoms with Crippen LogP contribution in [0.1, 0.15) is 22.0 Å². The van der Waals surface area contributed by atoms with Gasteiger partial charge in [0.05, 0.1) is 5.56 Å². The van der Waals surface area contributed by atoms with E-state index in [2.05, 4.69) is 21.2 Å². The number of carboxylic acid groups (broad SMARTS) is 1. The monoisotopic (exact) mass is 348 g/mol. The Hall–Kier alpha value is -2.34. The number of nitrogens with one attached hydrogen (secondary N) is 1. The number of rotatable bonds is 5. The van der Waals surface area contributed by atoms with Crippen LogP contribution in [0.3, 0.4) is 0 Å². The number of hydrogen-bond acceptors (Lipinski definition) is 3. The maximum absolute atomic E-state index is 11.5. The molecule has 21 heavy (non-hydrogen) atoms. The summed E-state index contributed by atoms with van der Waals surface area (Å²) >= 11 is 3.25. The molecular formula is C15H13BrN2O3. The van der Waals surface area contributed by atoms with Gasteiger partial charge in [0.25, 0.3) is 5.91 Å². The van der Waals surface area contributed by atoms with E-state index in [0.29, 0.717) is 15.7 Å². The Morgan fingerprint density at radius 1 is 1.14 bits per heavy atom. The number of anilines is 1. The van der Waals surface area contributed by atoms with Crippen molar-refractivity contribution in [3.05, 3.63) is 64.1 Å². The Labute approximate surface area is 129 Å². The molecule has 0 fully saturated rings. The zero-order valence-electron chi connectivity index (χ0n) is 10.9. The Kier molecular flexibility index (Phi) is 4.59. The van der Waals surface area contributed by atoms with Gasteiger partial charge in [-0.2, -0.15) is 0 Å². The van der Waals surface area contributed by atoms with Crippen molar-refractivity contribution in [2.24, 2.45) is 5.73 Å². The lowest BCUT2D eigenvalue weighted by Gasteiger charge is -2.18. The highest BCUT2D eigenvalue weighted by atomic mass is 79.9. The lowest BCUT2D eigenvalue weighted by atomic mass is 10.1. The normalized spacial score (nSPS) is 11.7. The number of primary amides is 1. The van der Waals surface area contributed by atoms with Crippen LogP contribution in [0.4, 0.5) is 5.69 Å². The quantitative estimate of drug-likeness (QED) is 0.774. The number of benzene rings is 2. The first-order chi connectivity index (χ1) is 9.99. The first-order valence-corrected chi connectivity index (χ1v) is 6.92. The highest BCUT2D eigenvalue weighted by Crippen LogP contribution is 2.25. The highest BCUT2D eigenvalue weighted by molar-refractivity contribution is 9.10. The van der Waals surface area contributed by atoms with Crippen LogP contribution >= 0.6 is 15.9 Å². The zero-order valence-corrected chi connectivity index (χ0v) is 12.5. The van der Waals surface area contributed by atoms with Crippen LogP contribution in [-0.2, 0) is 4.79 Å². The number of carbonyl (C=O) groups is 2. The van der Waals surface area contributed by atoms with Crippen molar-refractivity contribution in [1.29, 1.82) is 0 Å². The second kappa shape index (κ2) is 6.41. The fourth-order valence-corrected chi connectivity index (χ4v) is 2.30. The summed E-state index contributed by atoms with van der Waals surface area (Å²) in [7, 11) is 0. The molecule has 0 radical (unpaired) electrons. The summed E-state index contributed by atoms with van der Waals surface area (Å²) in [5.41, 5.74) is 6.52. The van der Waals surface area contributed by atoms with Gasteiger partial charge in [0.2, 0.25) is 0 Å². The van der Waals surface area contributed by atoms with E-state index in [1.54, 1.807) is 48.5 Å². The van der Waals surface area contributed by atoms with Crippen LogP contribution in [0, 0.1) is 0 Å². The average Bonchev–Trinajstić information content (AvgIpc) is 2.46. The molecule has 4 N–H and O–H groups in total. The maximum atomic E-state index is 11.5. The zero-order chi connectivity index (χ0) is 15.4. The molecule has 0 aliphatic carbocycles. The summed E-state index contributed by atoms with van der Waals surface area (Å²) in [5.74, 6) is -1.67. The predicted molar refractivity (Wildman–Crippen MR) is 83.1 cm³/mol. The molecule has 108 valence electrons. The number of hydrogen-bond donors (Lipinski definition) is 3. The fraction of sp³-hybridized carbons (Fsp3) is 0.0667. The number of halogens is 1. The second-order valence-corrected chi connectivity index (χ2v) is 5.30. The van der Waals surface area contributed by atoms with Gasteiger partial charge >= 0.3 is 5.97 Å². The van der Waals surface area contributed by atoms with Crippen molar-refractivity contribution in [2.45, 2.75) is 6.04 Å². The molecule has 0 bridgehead atoms. The molecule has 1 atom stereocenters. The number of carboxylic acids is 1. The van der Waals surface area contributed by atoms with Gasteiger partial charge < -0.3 is 16.2 Å². The van der Waals surface area contributed by atoms with Gasteiger partial charge in [-0.3, -0.25) is 4.79 Å². The summed E-state index contributed by atoms with van der Waals surface area (Å²) in [4.78, 5) is 22.9. The van der Waals surface area contributed by atoms with Gasteiger partial charge in [0, 0.05) is 10.2 Å². The largest absolute Gasteiger partial charge is 0.479 e. The van der Waals surface area contributed by atoms with E-state index in [1.807, 2.05) is 0 Å². The molecule has 0 aliphatic rings. The molecule has 0 saturated carbocycles. The molecule has 0 saturated heterocycles. The molecular weight excluding hydrogens is 336 g/mol. The van der Waals surface area contributed by atoms with Crippen LogP contribution in [0.2, 0.25) is 0 Å². The maximum Gasteiger partial charge on any atom is 0.330 e. The van der Waals surface area contributed by atoms with Crippen molar-refractivity contribution < 1.29 is 14.7 Å². The van der Waals surface area contributed by atoms with Crippen molar-refractivity contribution in [2.75, 3.05) is 5.32 Å². The van der Waals surface area contributed by atoms with Gasteiger partial charge in [-0.15, -0.1) is 0 Å². The minimum Gasteiger partial charge on any atom is -0.479 e. The van der Waals surface area contributed by atoms with Crippen LogP contribution in [0.5, 0.6) is 0 Å². The minimum atomic E-state index is -1.04. The lowest BCUT2D eigenvalue weighted by Crippen LogP contribution is -2.23. The summed E-state index contributed by atoms with van der Waals surface area (Å²) in [5, 5.41) is 12.2. The fourth-order valence-electron chi connectivity index (χ4n) is 1.93. The molecule has 0 aliphatic heterocycles. The Balaban J connectivity index is 2.39. The molecule has 0 heterocycles. The molecule has 2 rings (SSSR count). The van der Waals surface area contributed by atoms with Crippen LogP contribution in [0.25, 0.3) is 0 Å². The van der Waals surface area contributed by atoms with E-state index >= 15 is 0 Å². The van der Waals surface area contributed by atoms with Crippen LogP contribution < -0.4 is 11.1 Å². The van der Waals surface area contributed by atoms with E-state index < -0.39 is 17.9 Å². The van der Waals surface area contributed by atoms with Gasteiger partial charge in [-0.1, -0.05) is 46.3 Å². The number of amides is 1. The highest BCUT2D eigenvalue weighted by Gasteiger charge is 2.21. The van der Waals surface area contributed by atoms with Crippen LogP contribution in [-0.4, -0.2) is 17.0 Å². The first-order valence-electron chi connectivity index (χ1n) is 6.12. The Morgan fingerprint density at radius 3 is 2.38 bits per heavy atom.